The van der Waals surface area contributed by atoms with Gasteiger partial charge in [0.25, 0.3) is 0 Å². The molecule has 0 N–H and O–H groups in total. The molecule has 0 saturated carbocycles. The predicted octanol–water partition coefficient (Wildman–Crippen LogP) is 2.52. The zero-order valence-corrected chi connectivity index (χ0v) is 12.9. The molecule has 0 radical (unpaired) electrons. The van der Waals surface area contributed by atoms with Gasteiger partial charge in [-0.15, -0.1) is 0 Å². The second kappa shape index (κ2) is 5.56. The van der Waals surface area contributed by atoms with Crippen molar-refractivity contribution in [1.82, 2.24) is 0 Å². The van der Waals surface area contributed by atoms with Crippen LogP contribution in [0.15, 0.2) is 42.5 Å². The van der Waals surface area contributed by atoms with Gasteiger partial charge >= 0.3 is 5.97 Å². The molecule has 2 heterocycles. The molecular weight excluding hydrogens is 312 g/mol. The smallest absolute Gasteiger partial charge is 0.320 e. The van der Waals surface area contributed by atoms with Crippen LogP contribution in [-0.4, -0.2) is 25.7 Å². The Bertz CT molecular complexity index is 828. The number of ketones is 1. The number of carbonyl (C=O) groups excluding carboxylic acids is 2. The average Bonchev–Trinajstić information content (AvgIpc) is 3.08. The Morgan fingerprint density at radius 3 is 2.71 bits per heavy atom. The minimum Gasteiger partial charge on any atom is -0.484 e. The fraction of sp³-hybridized carbons (Fsp3) is 0.222. The van der Waals surface area contributed by atoms with E-state index < -0.39 is 18.0 Å². The average molecular weight is 326 g/mol. The number of fused-ring (bicyclic) bond motifs is 2. The van der Waals surface area contributed by atoms with Gasteiger partial charge < -0.3 is 18.9 Å². The van der Waals surface area contributed by atoms with E-state index in [0.717, 1.165) is 0 Å². The number of benzene rings is 2. The number of esters is 1. The monoisotopic (exact) mass is 326 g/mol. The number of ether oxygens (including phenoxy) is 4. The summed E-state index contributed by atoms with van der Waals surface area (Å²) in [7, 11) is 1.26. The Balaban J connectivity index is 1.80. The van der Waals surface area contributed by atoms with E-state index in [2.05, 4.69) is 0 Å². The minimum atomic E-state index is -1.06. The number of para-hydroxylation sites is 1. The number of rotatable bonds is 2. The molecule has 24 heavy (non-hydrogen) atoms. The molecule has 2 atom stereocenters. The van der Waals surface area contributed by atoms with Crippen LogP contribution < -0.4 is 14.2 Å². The summed E-state index contributed by atoms with van der Waals surface area (Å²) in [6.45, 7) is 0.145. The molecule has 122 valence electrons. The van der Waals surface area contributed by atoms with E-state index in [4.69, 9.17) is 18.9 Å². The summed E-state index contributed by atoms with van der Waals surface area (Å²) < 4.78 is 21.5. The van der Waals surface area contributed by atoms with Gasteiger partial charge in [0, 0.05) is 0 Å². The summed E-state index contributed by atoms with van der Waals surface area (Å²) in [5.41, 5.74) is 1.03. The lowest BCUT2D eigenvalue weighted by atomic mass is 9.85. The van der Waals surface area contributed by atoms with Crippen molar-refractivity contribution in [2.24, 2.45) is 5.92 Å². The highest BCUT2D eigenvalue weighted by atomic mass is 16.7. The van der Waals surface area contributed by atoms with Gasteiger partial charge in [-0.25, -0.2) is 0 Å². The first-order valence-electron chi connectivity index (χ1n) is 7.46. The molecule has 0 bridgehead atoms. The zero-order valence-electron chi connectivity index (χ0n) is 12.9. The lowest BCUT2D eigenvalue weighted by Gasteiger charge is -2.31. The van der Waals surface area contributed by atoms with E-state index in [-0.39, 0.29) is 12.6 Å². The maximum atomic E-state index is 12.8. The van der Waals surface area contributed by atoms with Gasteiger partial charge in [-0.2, -0.15) is 0 Å². The maximum Gasteiger partial charge on any atom is 0.320 e. The van der Waals surface area contributed by atoms with E-state index >= 15 is 0 Å². The highest BCUT2D eigenvalue weighted by Crippen LogP contribution is 2.42. The molecule has 2 unspecified atom stereocenters. The largest absolute Gasteiger partial charge is 0.484 e. The molecule has 6 heteroatoms. The van der Waals surface area contributed by atoms with Crippen LogP contribution in [0.4, 0.5) is 0 Å². The van der Waals surface area contributed by atoms with Crippen molar-refractivity contribution < 1.29 is 28.5 Å². The van der Waals surface area contributed by atoms with Crippen LogP contribution in [-0.2, 0) is 9.53 Å². The molecule has 0 amide bonds. The molecule has 0 aromatic heterocycles. The van der Waals surface area contributed by atoms with E-state index in [1.807, 2.05) is 0 Å². The fourth-order valence-corrected chi connectivity index (χ4v) is 2.99. The van der Waals surface area contributed by atoms with Crippen LogP contribution >= 0.6 is 0 Å². The van der Waals surface area contributed by atoms with E-state index in [0.29, 0.717) is 28.4 Å². The predicted molar refractivity (Wildman–Crippen MR) is 82.2 cm³/mol. The molecule has 0 spiro atoms. The van der Waals surface area contributed by atoms with Crippen molar-refractivity contribution in [3.05, 3.63) is 53.6 Å². The SMILES string of the molecule is COC(=O)C1C(=O)c2ccccc2OC1c1ccc2c(c1)OCO2. The van der Waals surface area contributed by atoms with Gasteiger partial charge in [-0.05, 0) is 29.8 Å². The summed E-state index contributed by atoms with van der Waals surface area (Å²) in [6, 6.07) is 12.1. The first-order valence-corrected chi connectivity index (χ1v) is 7.46. The Morgan fingerprint density at radius 2 is 1.88 bits per heavy atom. The van der Waals surface area contributed by atoms with Crippen molar-refractivity contribution in [1.29, 1.82) is 0 Å². The summed E-state index contributed by atoms with van der Waals surface area (Å²) in [6.07, 6.45) is -0.783. The summed E-state index contributed by atoms with van der Waals surface area (Å²) >= 11 is 0. The van der Waals surface area contributed by atoms with Crippen molar-refractivity contribution in [2.45, 2.75) is 6.10 Å². The van der Waals surface area contributed by atoms with Crippen LogP contribution in [0, 0.1) is 5.92 Å². The zero-order chi connectivity index (χ0) is 16.7. The van der Waals surface area contributed by atoms with Crippen molar-refractivity contribution >= 4 is 11.8 Å². The molecule has 0 fully saturated rings. The van der Waals surface area contributed by atoms with E-state index in [1.54, 1.807) is 42.5 Å². The van der Waals surface area contributed by atoms with E-state index in [1.165, 1.54) is 7.11 Å². The van der Waals surface area contributed by atoms with Crippen molar-refractivity contribution in [3.63, 3.8) is 0 Å². The maximum absolute atomic E-state index is 12.8. The van der Waals surface area contributed by atoms with Crippen LogP contribution in [0.2, 0.25) is 0 Å². The molecule has 2 aliphatic rings. The molecule has 2 aromatic rings. The number of hydrogen-bond acceptors (Lipinski definition) is 6. The molecule has 2 aromatic carbocycles. The van der Waals surface area contributed by atoms with Crippen molar-refractivity contribution in [3.8, 4) is 17.2 Å². The Hall–Kier alpha value is -3.02. The molecule has 6 nitrogen and oxygen atoms in total. The van der Waals surface area contributed by atoms with Crippen LogP contribution in [0.1, 0.15) is 22.0 Å². The first kappa shape index (κ1) is 14.6. The Labute approximate surface area is 137 Å². The Kier molecular flexibility index (Phi) is 3.37. The lowest BCUT2D eigenvalue weighted by molar-refractivity contribution is -0.146. The van der Waals surface area contributed by atoms with E-state index in [9.17, 15) is 9.59 Å². The number of carbonyl (C=O) groups is 2. The third-order valence-electron chi connectivity index (χ3n) is 4.17. The molecule has 4 rings (SSSR count). The molecule has 0 aliphatic carbocycles. The topological polar surface area (TPSA) is 71.1 Å². The number of Topliss-reactive ketones (excluding diaryl/α,β-unsaturated/α-hetero) is 1. The van der Waals surface area contributed by atoms with Gasteiger partial charge in [0.1, 0.15) is 11.9 Å². The highest BCUT2D eigenvalue weighted by Gasteiger charge is 2.44. The lowest BCUT2D eigenvalue weighted by Crippen LogP contribution is -2.37. The van der Waals surface area contributed by atoms with Crippen LogP contribution in [0.5, 0.6) is 17.2 Å². The second-order valence-electron chi connectivity index (χ2n) is 5.51. The van der Waals surface area contributed by atoms with Crippen LogP contribution in [0.25, 0.3) is 0 Å². The minimum absolute atomic E-state index is 0.145. The molecular formula is C18H14O6. The summed E-state index contributed by atoms with van der Waals surface area (Å²) in [5, 5.41) is 0. The number of hydrogen-bond donors (Lipinski definition) is 0. The summed E-state index contributed by atoms with van der Waals surface area (Å²) in [4.78, 5) is 25.0. The fourth-order valence-electron chi connectivity index (χ4n) is 2.99. The van der Waals surface area contributed by atoms with Gasteiger partial charge in [0.15, 0.2) is 23.2 Å². The van der Waals surface area contributed by atoms with Crippen molar-refractivity contribution in [2.75, 3.05) is 13.9 Å². The standard InChI is InChI=1S/C18H14O6/c1-21-18(20)15-16(19)11-4-2-3-5-12(11)24-17(15)10-6-7-13-14(8-10)23-9-22-13/h2-8,15,17H,9H2,1H3. The van der Waals surface area contributed by atoms with Gasteiger partial charge in [-0.3, -0.25) is 9.59 Å². The first-order chi connectivity index (χ1) is 11.7. The molecule has 0 saturated heterocycles. The third-order valence-corrected chi connectivity index (χ3v) is 4.17. The second-order valence-corrected chi connectivity index (χ2v) is 5.51. The normalized spacial score (nSPS) is 21.0. The molecule has 2 aliphatic heterocycles. The quantitative estimate of drug-likeness (QED) is 0.624. The summed E-state index contributed by atoms with van der Waals surface area (Å²) in [5.74, 6) is -0.374. The highest BCUT2D eigenvalue weighted by molar-refractivity contribution is 6.11. The van der Waals surface area contributed by atoms with Gasteiger partial charge in [0.2, 0.25) is 6.79 Å². The van der Waals surface area contributed by atoms with Gasteiger partial charge in [0.05, 0.1) is 12.7 Å². The third kappa shape index (κ3) is 2.19. The van der Waals surface area contributed by atoms with Gasteiger partial charge in [-0.1, -0.05) is 18.2 Å². The number of methoxy groups -OCH3 is 1. The van der Waals surface area contributed by atoms with Crippen LogP contribution in [0.3, 0.4) is 0 Å². The Morgan fingerprint density at radius 1 is 1.08 bits per heavy atom.